The third kappa shape index (κ3) is 3.89. The second kappa shape index (κ2) is 7.89. The van der Waals surface area contributed by atoms with E-state index >= 15 is 0 Å². The van der Waals surface area contributed by atoms with Crippen molar-refractivity contribution in [2.75, 3.05) is 13.1 Å². The molecule has 2 fully saturated rings. The summed E-state index contributed by atoms with van der Waals surface area (Å²) in [6, 6.07) is 10.7. The van der Waals surface area contributed by atoms with Gasteiger partial charge in [-0.3, -0.25) is 4.57 Å². The summed E-state index contributed by atoms with van der Waals surface area (Å²) in [5.41, 5.74) is 1.08. The zero-order valence-electron chi connectivity index (χ0n) is 15.2. The van der Waals surface area contributed by atoms with E-state index in [4.69, 9.17) is 0 Å². The van der Waals surface area contributed by atoms with Crippen molar-refractivity contribution >= 4 is 6.03 Å². The van der Waals surface area contributed by atoms with Gasteiger partial charge in [0.15, 0.2) is 0 Å². The number of aromatic nitrogens is 3. The van der Waals surface area contributed by atoms with Gasteiger partial charge in [0.05, 0.1) is 0 Å². The molecule has 1 aromatic carbocycles. The number of nitrogens with zero attached hydrogens (tertiary/aromatic N) is 4. The number of benzene rings is 1. The molecule has 138 valence electrons. The summed E-state index contributed by atoms with van der Waals surface area (Å²) < 4.78 is 2.05. The standard InChI is InChI=1S/C20H27N5O/c26-20(22-17-7-3-1-4-8-17)24-12-11-16(14-24)13-19-23-21-15-25(19)18-9-5-2-6-10-18/h2,5-6,9-10,15-17H,1,3-4,7-8,11-14H2,(H,22,26). The van der Waals surface area contributed by atoms with E-state index in [1.54, 1.807) is 6.33 Å². The number of nitrogens with one attached hydrogen (secondary N) is 1. The van der Waals surface area contributed by atoms with Gasteiger partial charge in [0.25, 0.3) is 0 Å². The first-order valence-electron chi connectivity index (χ1n) is 9.79. The molecular weight excluding hydrogens is 326 g/mol. The Labute approximate surface area is 154 Å². The Morgan fingerprint density at radius 2 is 1.92 bits per heavy atom. The minimum absolute atomic E-state index is 0.115. The molecule has 6 nitrogen and oxygen atoms in total. The lowest BCUT2D eigenvalue weighted by atomic mass is 9.96. The van der Waals surface area contributed by atoms with E-state index in [0.29, 0.717) is 12.0 Å². The second-order valence-corrected chi connectivity index (χ2v) is 7.54. The Hall–Kier alpha value is -2.37. The fourth-order valence-electron chi connectivity index (χ4n) is 4.16. The largest absolute Gasteiger partial charge is 0.335 e. The molecule has 2 amide bonds. The lowest BCUT2D eigenvalue weighted by Crippen LogP contribution is -2.44. The molecule has 26 heavy (non-hydrogen) atoms. The van der Waals surface area contributed by atoms with Crippen LogP contribution in [0.1, 0.15) is 44.3 Å². The Morgan fingerprint density at radius 3 is 2.73 bits per heavy atom. The third-order valence-corrected chi connectivity index (χ3v) is 5.63. The van der Waals surface area contributed by atoms with E-state index in [2.05, 4.69) is 27.6 Å². The van der Waals surface area contributed by atoms with Gasteiger partial charge in [0.1, 0.15) is 12.2 Å². The Balaban J connectivity index is 1.33. The molecule has 0 radical (unpaired) electrons. The van der Waals surface area contributed by atoms with Crippen LogP contribution in [0.4, 0.5) is 4.79 Å². The number of hydrogen-bond acceptors (Lipinski definition) is 3. The summed E-state index contributed by atoms with van der Waals surface area (Å²) >= 11 is 0. The van der Waals surface area contributed by atoms with E-state index in [1.165, 1.54) is 19.3 Å². The maximum atomic E-state index is 12.5. The van der Waals surface area contributed by atoms with Crippen LogP contribution in [0.3, 0.4) is 0 Å². The fourth-order valence-corrected chi connectivity index (χ4v) is 4.16. The Morgan fingerprint density at radius 1 is 1.12 bits per heavy atom. The third-order valence-electron chi connectivity index (χ3n) is 5.63. The van der Waals surface area contributed by atoms with Crippen LogP contribution in [0.15, 0.2) is 36.7 Å². The lowest BCUT2D eigenvalue weighted by Gasteiger charge is -2.26. The minimum Gasteiger partial charge on any atom is -0.335 e. The van der Waals surface area contributed by atoms with Crippen molar-refractivity contribution in [2.24, 2.45) is 5.92 Å². The SMILES string of the molecule is O=C(NC1CCCCC1)N1CCC(Cc2nncn2-c2ccccc2)C1. The molecule has 1 saturated carbocycles. The smallest absolute Gasteiger partial charge is 0.317 e. The van der Waals surface area contributed by atoms with E-state index < -0.39 is 0 Å². The monoisotopic (exact) mass is 353 g/mol. The summed E-state index contributed by atoms with van der Waals surface area (Å²) in [6.07, 6.45) is 9.69. The van der Waals surface area contributed by atoms with E-state index in [0.717, 1.165) is 50.3 Å². The molecular formula is C20H27N5O. The number of para-hydroxylation sites is 1. The molecule has 1 aliphatic carbocycles. The normalized spacial score (nSPS) is 21.1. The van der Waals surface area contributed by atoms with Gasteiger partial charge in [-0.05, 0) is 37.3 Å². The van der Waals surface area contributed by atoms with E-state index in [-0.39, 0.29) is 6.03 Å². The van der Waals surface area contributed by atoms with E-state index in [1.807, 2.05) is 27.7 Å². The molecule has 0 spiro atoms. The fraction of sp³-hybridized carbons (Fsp3) is 0.550. The van der Waals surface area contributed by atoms with Crippen molar-refractivity contribution in [3.8, 4) is 5.69 Å². The zero-order valence-corrected chi connectivity index (χ0v) is 15.2. The van der Waals surface area contributed by atoms with Crippen LogP contribution in [0.25, 0.3) is 5.69 Å². The van der Waals surface area contributed by atoms with Crippen molar-refractivity contribution in [2.45, 2.75) is 51.0 Å². The average Bonchev–Trinajstić information content (AvgIpc) is 3.33. The van der Waals surface area contributed by atoms with Crippen molar-refractivity contribution in [1.29, 1.82) is 0 Å². The van der Waals surface area contributed by atoms with Gasteiger partial charge in [-0.25, -0.2) is 4.79 Å². The molecule has 1 N–H and O–H groups in total. The first kappa shape index (κ1) is 17.1. The predicted molar refractivity (Wildman–Crippen MR) is 100 cm³/mol. The quantitative estimate of drug-likeness (QED) is 0.918. The highest BCUT2D eigenvalue weighted by Crippen LogP contribution is 2.23. The maximum Gasteiger partial charge on any atom is 0.317 e. The molecule has 1 atom stereocenters. The molecule has 4 rings (SSSR count). The molecule has 2 heterocycles. The summed E-state index contributed by atoms with van der Waals surface area (Å²) in [5.74, 6) is 1.41. The zero-order chi connectivity index (χ0) is 17.8. The summed E-state index contributed by atoms with van der Waals surface area (Å²) in [7, 11) is 0. The summed E-state index contributed by atoms with van der Waals surface area (Å²) in [4.78, 5) is 14.5. The van der Waals surface area contributed by atoms with Crippen LogP contribution in [0.5, 0.6) is 0 Å². The van der Waals surface area contributed by atoms with Gasteiger partial charge in [0.2, 0.25) is 0 Å². The number of amides is 2. The Bertz CT molecular complexity index is 723. The topological polar surface area (TPSA) is 63.1 Å². The van der Waals surface area contributed by atoms with Crippen LogP contribution >= 0.6 is 0 Å². The van der Waals surface area contributed by atoms with Gasteiger partial charge in [0, 0.05) is 31.2 Å². The number of likely N-dealkylation sites (tertiary alicyclic amines) is 1. The van der Waals surface area contributed by atoms with Crippen molar-refractivity contribution < 1.29 is 4.79 Å². The highest BCUT2D eigenvalue weighted by atomic mass is 16.2. The van der Waals surface area contributed by atoms with Gasteiger partial charge in [-0.2, -0.15) is 0 Å². The minimum atomic E-state index is 0.115. The molecule has 0 bridgehead atoms. The van der Waals surface area contributed by atoms with Gasteiger partial charge >= 0.3 is 6.03 Å². The molecule has 1 aliphatic heterocycles. The summed E-state index contributed by atoms with van der Waals surface area (Å²) in [5, 5.41) is 11.6. The second-order valence-electron chi connectivity index (χ2n) is 7.54. The number of hydrogen-bond donors (Lipinski definition) is 1. The first-order valence-corrected chi connectivity index (χ1v) is 9.79. The number of carbonyl (C=O) groups excluding carboxylic acids is 1. The Kier molecular flexibility index (Phi) is 5.18. The average molecular weight is 353 g/mol. The summed E-state index contributed by atoms with van der Waals surface area (Å²) in [6.45, 7) is 1.64. The first-order chi connectivity index (χ1) is 12.8. The number of urea groups is 1. The molecule has 2 aliphatic rings. The molecule has 1 saturated heterocycles. The number of carbonyl (C=O) groups is 1. The van der Waals surface area contributed by atoms with Crippen molar-refractivity contribution in [3.63, 3.8) is 0 Å². The van der Waals surface area contributed by atoms with Gasteiger partial charge in [-0.15, -0.1) is 10.2 Å². The molecule has 1 aromatic heterocycles. The predicted octanol–water partition coefficient (Wildman–Crippen LogP) is 3.17. The highest BCUT2D eigenvalue weighted by Gasteiger charge is 2.29. The maximum absolute atomic E-state index is 12.5. The van der Waals surface area contributed by atoms with Gasteiger partial charge in [-0.1, -0.05) is 37.5 Å². The lowest BCUT2D eigenvalue weighted by molar-refractivity contribution is 0.198. The molecule has 2 aromatic rings. The number of rotatable bonds is 4. The molecule has 1 unspecified atom stereocenters. The van der Waals surface area contributed by atoms with Crippen LogP contribution in [-0.4, -0.2) is 44.8 Å². The molecule has 6 heteroatoms. The van der Waals surface area contributed by atoms with Crippen LogP contribution in [0, 0.1) is 5.92 Å². The highest BCUT2D eigenvalue weighted by molar-refractivity contribution is 5.74. The van der Waals surface area contributed by atoms with Crippen LogP contribution in [0.2, 0.25) is 0 Å². The van der Waals surface area contributed by atoms with Crippen molar-refractivity contribution in [3.05, 3.63) is 42.5 Å². The van der Waals surface area contributed by atoms with Gasteiger partial charge < -0.3 is 10.2 Å². The van der Waals surface area contributed by atoms with E-state index in [9.17, 15) is 4.79 Å². The van der Waals surface area contributed by atoms with Crippen LogP contribution in [-0.2, 0) is 6.42 Å². The van der Waals surface area contributed by atoms with Crippen LogP contribution < -0.4 is 5.32 Å². The van der Waals surface area contributed by atoms with Crippen molar-refractivity contribution in [1.82, 2.24) is 25.0 Å².